The average Bonchev–Trinajstić information content (AvgIpc) is 2.39. The number of fused-ring (bicyclic) bond motifs is 1. The molecule has 0 aromatic carbocycles. The molecular formula is C7H14ClNO. The van der Waals surface area contributed by atoms with Crippen LogP contribution in [0, 0.1) is 17.8 Å². The lowest BCUT2D eigenvalue weighted by atomic mass is 10.3. The van der Waals surface area contributed by atoms with Crippen LogP contribution >= 0.6 is 12.4 Å². The third kappa shape index (κ3) is 1.16. The Balaban J connectivity index is 0.000000500. The largest absolute Gasteiger partial charge is 0.384 e. The van der Waals surface area contributed by atoms with Crippen LogP contribution in [-0.2, 0) is 4.74 Å². The zero-order valence-electron chi connectivity index (χ0n) is 6.17. The van der Waals surface area contributed by atoms with Crippen LogP contribution in [0.5, 0.6) is 0 Å². The highest BCUT2D eigenvalue weighted by Gasteiger charge is 2.52. The van der Waals surface area contributed by atoms with Crippen LogP contribution in [0.15, 0.2) is 0 Å². The molecule has 0 amide bonds. The minimum atomic E-state index is 0. The van der Waals surface area contributed by atoms with Crippen molar-refractivity contribution in [2.24, 2.45) is 17.8 Å². The topological polar surface area (TPSA) is 21.3 Å². The van der Waals surface area contributed by atoms with E-state index in [0.29, 0.717) is 0 Å². The van der Waals surface area contributed by atoms with Crippen molar-refractivity contribution in [3.05, 3.63) is 0 Å². The zero-order valence-corrected chi connectivity index (χ0v) is 6.99. The number of hydrogen-bond donors (Lipinski definition) is 1. The molecule has 0 aromatic heterocycles. The second kappa shape index (κ2) is 3.07. The van der Waals surface area contributed by atoms with Crippen molar-refractivity contribution in [2.75, 3.05) is 26.8 Å². The van der Waals surface area contributed by atoms with Gasteiger partial charge in [-0.05, 0) is 30.8 Å². The second-order valence-electron chi connectivity index (χ2n) is 3.11. The maximum absolute atomic E-state index is 5.07. The first kappa shape index (κ1) is 8.31. The van der Waals surface area contributed by atoms with Gasteiger partial charge in [-0.3, -0.25) is 0 Å². The maximum atomic E-state index is 5.07. The SMILES string of the molecule is COCC1[C@H]2CNC[C@@H]12.Cl. The van der Waals surface area contributed by atoms with Gasteiger partial charge in [0, 0.05) is 13.7 Å². The van der Waals surface area contributed by atoms with E-state index in [4.69, 9.17) is 4.74 Å². The van der Waals surface area contributed by atoms with Crippen molar-refractivity contribution in [1.29, 1.82) is 0 Å². The summed E-state index contributed by atoms with van der Waals surface area (Å²) in [5, 5.41) is 3.35. The predicted octanol–water partition coefficient (Wildman–Crippen LogP) is 0.520. The van der Waals surface area contributed by atoms with Crippen LogP contribution in [0.4, 0.5) is 0 Å². The molecule has 0 bridgehead atoms. The van der Waals surface area contributed by atoms with Gasteiger partial charge < -0.3 is 10.1 Å². The van der Waals surface area contributed by atoms with Crippen LogP contribution in [0.3, 0.4) is 0 Å². The lowest BCUT2D eigenvalue weighted by Gasteiger charge is -2.00. The summed E-state index contributed by atoms with van der Waals surface area (Å²) in [5.74, 6) is 2.83. The highest BCUT2D eigenvalue weighted by Crippen LogP contribution is 2.48. The van der Waals surface area contributed by atoms with Crippen LogP contribution in [0.1, 0.15) is 0 Å². The molecule has 1 heterocycles. The number of methoxy groups -OCH3 is 1. The van der Waals surface area contributed by atoms with Crippen molar-refractivity contribution in [2.45, 2.75) is 0 Å². The Labute approximate surface area is 67.7 Å². The fraction of sp³-hybridized carbons (Fsp3) is 1.00. The summed E-state index contributed by atoms with van der Waals surface area (Å²) >= 11 is 0. The Kier molecular flexibility index (Phi) is 2.55. The van der Waals surface area contributed by atoms with E-state index in [-0.39, 0.29) is 12.4 Å². The molecule has 1 aliphatic carbocycles. The molecule has 2 rings (SSSR count). The molecule has 2 nitrogen and oxygen atoms in total. The molecule has 0 spiro atoms. The zero-order chi connectivity index (χ0) is 6.27. The molecule has 1 unspecified atom stereocenters. The minimum Gasteiger partial charge on any atom is -0.384 e. The third-order valence-corrected chi connectivity index (χ3v) is 2.63. The normalized spacial score (nSPS) is 42.3. The molecule has 60 valence electrons. The standard InChI is InChI=1S/C7H13NO.ClH/c1-9-4-7-5-2-8-3-6(5)7;/h5-8H,2-4H2,1H3;1H/t5-,6+,7?;. The van der Waals surface area contributed by atoms with E-state index in [9.17, 15) is 0 Å². The van der Waals surface area contributed by atoms with Gasteiger partial charge in [-0.1, -0.05) is 0 Å². The van der Waals surface area contributed by atoms with E-state index in [2.05, 4.69) is 5.32 Å². The van der Waals surface area contributed by atoms with Crippen molar-refractivity contribution < 1.29 is 4.74 Å². The molecule has 1 N–H and O–H groups in total. The smallest absolute Gasteiger partial charge is 0.0496 e. The summed E-state index contributed by atoms with van der Waals surface area (Å²) in [6.07, 6.45) is 0. The van der Waals surface area contributed by atoms with Gasteiger partial charge in [-0.25, -0.2) is 0 Å². The number of ether oxygens (including phenoxy) is 1. The predicted molar refractivity (Wildman–Crippen MR) is 42.5 cm³/mol. The van der Waals surface area contributed by atoms with Gasteiger partial charge in [0.25, 0.3) is 0 Å². The Morgan fingerprint density at radius 1 is 1.40 bits per heavy atom. The van der Waals surface area contributed by atoms with Gasteiger partial charge in [0.15, 0.2) is 0 Å². The third-order valence-electron chi connectivity index (χ3n) is 2.63. The lowest BCUT2D eigenvalue weighted by Crippen LogP contribution is -2.16. The summed E-state index contributed by atoms with van der Waals surface area (Å²) in [7, 11) is 1.79. The second-order valence-corrected chi connectivity index (χ2v) is 3.11. The Morgan fingerprint density at radius 3 is 2.50 bits per heavy atom. The van der Waals surface area contributed by atoms with E-state index in [1.54, 1.807) is 7.11 Å². The molecule has 3 heteroatoms. The summed E-state index contributed by atoms with van der Waals surface area (Å²) in [5.41, 5.74) is 0. The molecule has 10 heavy (non-hydrogen) atoms. The van der Waals surface area contributed by atoms with E-state index in [0.717, 1.165) is 24.4 Å². The maximum Gasteiger partial charge on any atom is 0.0496 e. The number of rotatable bonds is 2. The fourth-order valence-corrected chi connectivity index (χ4v) is 1.99. The van der Waals surface area contributed by atoms with Crippen LogP contribution in [0.2, 0.25) is 0 Å². The molecule has 1 saturated carbocycles. The van der Waals surface area contributed by atoms with Gasteiger partial charge in [0.2, 0.25) is 0 Å². The Bertz CT molecular complexity index is 110. The van der Waals surface area contributed by atoms with Crippen molar-refractivity contribution in [1.82, 2.24) is 5.32 Å². The minimum absolute atomic E-state index is 0. The summed E-state index contributed by atoms with van der Waals surface area (Å²) < 4.78 is 5.07. The van der Waals surface area contributed by atoms with Gasteiger partial charge in [-0.15, -0.1) is 12.4 Å². The van der Waals surface area contributed by atoms with Gasteiger partial charge in [-0.2, -0.15) is 0 Å². The van der Waals surface area contributed by atoms with Crippen molar-refractivity contribution in [3.63, 3.8) is 0 Å². The van der Waals surface area contributed by atoms with Crippen molar-refractivity contribution >= 4 is 12.4 Å². The first-order valence-electron chi connectivity index (χ1n) is 3.63. The molecule has 0 aromatic rings. The molecule has 1 aliphatic heterocycles. The Morgan fingerprint density at radius 2 is 2.00 bits per heavy atom. The summed E-state index contributed by atoms with van der Waals surface area (Å²) in [6.45, 7) is 3.45. The number of hydrogen-bond acceptors (Lipinski definition) is 2. The first-order valence-corrected chi connectivity index (χ1v) is 3.63. The number of nitrogens with one attached hydrogen (secondary N) is 1. The van der Waals surface area contributed by atoms with Gasteiger partial charge in [0.05, 0.1) is 0 Å². The van der Waals surface area contributed by atoms with E-state index in [1.165, 1.54) is 13.1 Å². The highest BCUT2D eigenvalue weighted by atomic mass is 35.5. The lowest BCUT2D eigenvalue weighted by molar-refractivity contribution is 0.175. The van der Waals surface area contributed by atoms with Gasteiger partial charge >= 0.3 is 0 Å². The van der Waals surface area contributed by atoms with E-state index >= 15 is 0 Å². The van der Waals surface area contributed by atoms with E-state index < -0.39 is 0 Å². The Hall–Kier alpha value is 0.210. The van der Waals surface area contributed by atoms with Gasteiger partial charge in [0.1, 0.15) is 0 Å². The first-order chi connectivity index (χ1) is 4.43. The summed E-state index contributed by atoms with van der Waals surface area (Å²) in [6, 6.07) is 0. The van der Waals surface area contributed by atoms with E-state index in [1.807, 2.05) is 0 Å². The molecule has 2 aliphatic rings. The monoisotopic (exact) mass is 163 g/mol. The highest BCUT2D eigenvalue weighted by molar-refractivity contribution is 5.85. The summed E-state index contributed by atoms with van der Waals surface area (Å²) in [4.78, 5) is 0. The van der Waals surface area contributed by atoms with Crippen LogP contribution in [-0.4, -0.2) is 26.8 Å². The molecular weight excluding hydrogens is 150 g/mol. The average molecular weight is 164 g/mol. The molecule has 2 fully saturated rings. The van der Waals surface area contributed by atoms with Crippen LogP contribution < -0.4 is 5.32 Å². The molecule has 3 atom stereocenters. The number of halogens is 1. The number of piperidine rings is 1. The molecule has 1 saturated heterocycles. The fourth-order valence-electron chi connectivity index (χ4n) is 1.99. The quantitative estimate of drug-likeness (QED) is 0.641. The van der Waals surface area contributed by atoms with Crippen molar-refractivity contribution in [3.8, 4) is 0 Å². The van der Waals surface area contributed by atoms with Crippen LogP contribution in [0.25, 0.3) is 0 Å². The molecule has 0 radical (unpaired) electrons.